The van der Waals surface area contributed by atoms with Crippen molar-refractivity contribution >= 4 is 40.7 Å². The molecule has 1 atom stereocenters. The number of nitrogens with one attached hydrogen (secondary N) is 1. The van der Waals surface area contributed by atoms with Crippen molar-refractivity contribution in [1.82, 2.24) is 5.32 Å². The first-order valence-corrected chi connectivity index (χ1v) is 10.6. The summed E-state index contributed by atoms with van der Waals surface area (Å²) >= 11 is 0. The number of hydrogen-bond acceptors (Lipinski definition) is 5. The normalized spacial score (nSPS) is 11.2. The van der Waals surface area contributed by atoms with Crippen LogP contribution >= 0.6 is 9.24 Å². The molecule has 2 aromatic rings. The van der Waals surface area contributed by atoms with E-state index in [2.05, 4.69) is 14.6 Å². The van der Waals surface area contributed by atoms with Gasteiger partial charge >= 0.3 is 0 Å². The smallest absolute Gasteiger partial charge is 0.294 e. The molecule has 2 aromatic carbocycles. The van der Waals surface area contributed by atoms with Crippen molar-refractivity contribution in [3.8, 4) is 0 Å². The second-order valence-corrected chi connectivity index (χ2v) is 8.42. The first-order valence-electron chi connectivity index (χ1n) is 7.14. The Labute approximate surface area is 154 Å². The Morgan fingerprint density at radius 3 is 1.73 bits per heavy atom. The topological polar surface area (TPSA) is 138 Å². The van der Waals surface area contributed by atoms with Crippen LogP contribution in [-0.4, -0.2) is 38.4 Å². The molecular weight excluding hydrogens is 401 g/mol. The van der Waals surface area contributed by atoms with E-state index in [0.29, 0.717) is 6.07 Å². The van der Waals surface area contributed by atoms with E-state index in [0.717, 1.165) is 12.1 Å². The molecule has 0 aliphatic heterocycles. The second kappa shape index (κ2) is 9.20. The van der Waals surface area contributed by atoms with Crippen LogP contribution < -0.4 is 10.6 Å². The number of carbonyl (C=O) groups is 1. The van der Waals surface area contributed by atoms with Gasteiger partial charge < -0.3 is 5.32 Å². The van der Waals surface area contributed by atoms with Crippen molar-refractivity contribution in [2.24, 2.45) is 0 Å². The highest BCUT2D eigenvalue weighted by molar-refractivity contribution is 7.86. The molecule has 0 radical (unpaired) electrons. The molecule has 0 saturated carbocycles. The van der Waals surface area contributed by atoms with E-state index in [4.69, 9.17) is 9.11 Å². The fraction of sp³-hybridized carbons (Fsp3) is 0.133. The van der Waals surface area contributed by atoms with E-state index in [-0.39, 0.29) is 12.1 Å². The molecule has 0 aliphatic carbocycles. The highest BCUT2D eigenvalue weighted by Gasteiger charge is 2.20. The Morgan fingerprint density at radius 2 is 1.42 bits per heavy atom. The molecule has 0 aliphatic rings. The van der Waals surface area contributed by atoms with Gasteiger partial charge in [-0.25, -0.2) is 0 Å². The van der Waals surface area contributed by atoms with E-state index in [9.17, 15) is 21.6 Å². The largest absolute Gasteiger partial charge is 0.352 e. The number of amides is 1. The van der Waals surface area contributed by atoms with Crippen LogP contribution in [0.25, 0.3) is 0 Å². The second-order valence-electron chi connectivity index (χ2n) is 4.91. The summed E-state index contributed by atoms with van der Waals surface area (Å²) in [7, 11) is -6.80. The predicted octanol–water partition coefficient (Wildman–Crippen LogP) is 1.12. The van der Waals surface area contributed by atoms with Crippen LogP contribution in [0.5, 0.6) is 0 Å². The monoisotopic (exact) mass is 419 g/mol. The molecule has 0 bridgehead atoms. The fourth-order valence-corrected chi connectivity index (χ4v) is 3.12. The Morgan fingerprint density at radius 1 is 0.962 bits per heavy atom. The lowest BCUT2D eigenvalue weighted by Gasteiger charge is -2.06. The summed E-state index contributed by atoms with van der Waals surface area (Å²) in [5, 5.41) is 3.57. The fourth-order valence-electron chi connectivity index (χ4n) is 1.72. The van der Waals surface area contributed by atoms with Gasteiger partial charge in [-0.15, -0.1) is 9.24 Å². The summed E-state index contributed by atoms with van der Waals surface area (Å²) in [4.78, 5) is 9.94. The third-order valence-corrected chi connectivity index (χ3v) is 4.92. The van der Waals surface area contributed by atoms with Crippen molar-refractivity contribution in [2.75, 3.05) is 6.54 Å². The van der Waals surface area contributed by atoms with Crippen molar-refractivity contribution in [1.29, 1.82) is 0 Å². The third-order valence-electron chi connectivity index (χ3n) is 2.87. The Bertz CT molecular complexity index is 924. The average molecular weight is 419 g/mol. The van der Waals surface area contributed by atoms with Crippen molar-refractivity contribution in [3.05, 3.63) is 54.1 Å². The van der Waals surface area contributed by atoms with Gasteiger partial charge in [-0.1, -0.05) is 30.3 Å². The van der Waals surface area contributed by atoms with Gasteiger partial charge in [0.2, 0.25) is 0 Å². The molecule has 2 rings (SSSR count). The van der Waals surface area contributed by atoms with E-state index < -0.39 is 35.9 Å². The zero-order chi connectivity index (χ0) is 20.0. The first-order chi connectivity index (χ1) is 11.9. The summed E-state index contributed by atoms with van der Waals surface area (Å²) < 4.78 is 61.7. The molecule has 0 fully saturated rings. The van der Waals surface area contributed by atoms with Gasteiger partial charge in [0.25, 0.3) is 26.1 Å². The molecule has 0 spiro atoms. The quantitative estimate of drug-likeness (QED) is 0.499. The van der Waals surface area contributed by atoms with Gasteiger partial charge in [-0.05, 0) is 30.4 Å². The molecule has 1 amide bonds. The van der Waals surface area contributed by atoms with E-state index in [1.807, 2.05) is 30.3 Å². The predicted molar refractivity (Wildman–Crippen MR) is 99.9 cm³/mol. The molecular formula is C15H18NO7PS2. The highest BCUT2D eigenvalue weighted by Crippen LogP contribution is 2.19. The van der Waals surface area contributed by atoms with Gasteiger partial charge in [-0.2, -0.15) is 16.8 Å². The van der Waals surface area contributed by atoms with Crippen LogP contribution in [0.15, 0.2) is 58.3 Å². The van der Waals surface area contributed by atoms with Gasteiger partial charge in [0.1, 0.15) is 0 Å². The zero-order valence-electron chi connectivity index (χ0n) is 13.7. The van der Waals surface area contributed by atoms with Crippen molar-refractivity contribution < 1.29 is 30.7 Å². The summed E-state index contributed by atoms with van der Waals surface area (Å²) in [5.74, 6) is -0.738. The molecule has 0 heterocycles. The molecule has 142 valence electrons. The number of benzene rings is 2. The molecule has 11 heteroatoms. The van der Waals surface area contributed by atoms with Crippen LogP contribution in [0.1, 0.15) is 17.3 Å². The van der Waals surface area contributed by atoms with Crippen LogP contribution in [-0.2, 0) is 20.2 Å². The maximum atomic E-state index is 11.5. The zero-order valence-corrected chi connectivity index (χ0v) is 16.4. The minimum atomic E-state index is -4.71. The SMILES string of the molecule is CCNC(=O)c1cc(S(=O)(=O)O)cc(S(=O)(=O)O)c1.Pc1ccccc1. The Hall–Kier alpha value is -1.84. The number of hydrogen-bond donors (Lipinski definition) is 3. The van der Waals surface area contributed by atoms with E-state index in [1.165, 1.54) is 5.30 Å². The van der Waals surface area contributed by atoms with Crippen molar-refractivity contribution in [2.45, 2.75) is 16.7 Å². The van der Waals surface area contributed by atoms with Gasteiger partial charge in [-0.3, -0.25) is 13.9 Å². The first kappa shape index (κ1) is 22.2. The van der Waals surface area contributed by atoms with Crippen LogP contribution in [0.4, 0.5) is 0 Å². The van der Waals surface area contributed by atoms with E-state index in [1.54, 1.807) is 6.92 Å². The van der Waals surface area contributed by atoms with E-state index >= 15 is 0 Å². The molecule has 3 N–H and O–H groups in total. The maximum Gasteiger partial charge on any atom is 0.294 e. The lowest BCUT2D eigenvalue weighted by atomic mass is 10.2. The van der Waals surface area contributed by atoms with Crippen molar-refractivity contribution in [3.63, 3.8) is 0 Å². The molecule has 0 saturated heterocycles. The number of rotatable bonds is 4. The Balaban J connectivity index is 0.000000401. The summed E-state index contributed by atoms with van der Waals surface area (Å²) in [6.07, 6.45) is 0. The van der Waals surface area contributed by atoms with Crippen LogP contribution in [0, 0.1) is 0 Å². The van der Waals surface area contributed by atoms with Crippen LogP contribution in [0.2, 0.25) is 0 Å². The lowest BCUT2D eigenvalue weighted by molar-refractivity contribution is 0.0955. The summed E-state index contributed by atoms with van der Waals surface area (Å²) in [5.41, 5.74) is -0.315. The molecule has 8 nitrogen and oxygen atoms in total. The molecule has 0 aromatic heterocycles. The van der Waals surface area contributed by atoms with Gasteiger partial charge in [0.15, 0.2) is 0 Å². The lowest BCUT2D eigenvalue weighted by Crippen LogP contribution is -2.23. The third kappa shape index (κ3) is 7.19. The molecule has 1 unspecified atom stereocenters. The molecule has 26 heavy (non-hydrogen) atoms. The minimum Gasteiger partial charge on any atom is -0.352 e. The summed E-state index contributed by atoms with van der Waals surface area (Å²) in [6.45, 7) is 1.84. The highest BCUT2D eigenvalue weighted by atomic mass is 32.2. The standard InChI is InChI=1S/C9H11NO7S2.C6H7P/c1-2-10-9(11)6-3-7(18(12,13)14)5-8(4-6)19(15,16)17;7-6-4-2-1-3-5-6/h3-5H,2H2,1H3,(H,10,11)(H,12,13,14)(H,15,16,17);1-5H,7H2. The van der Waals surface area contributed by atoms with Gasteiger partial charge in [0, 0.05) is 12.1 Å². The average Bonchev–Trinajstić information content (AvgIpc) is 2.54. The minimum absolute atomic E-state index is 0.232. The van der Waals surface area contributed by atoms with Gasteiger partial charge in [0.05, 0.1) is 9.79 Å². The van der Waals surface area contributed by atoms with Crippen LogP contribution in [0.3, 0.4) is 0 Å². The number of carbonyl (C=O) groups excluding carboxylic acids is 1. The Kier molecular flexibility index (Phi) is 7.86. The summed E-state index contributed by atoms with van der Waals surface area (Å²) in [6, 6.07) is 12.3. The maximum absolute atomic E-state index is 11.5.